The molecule has 0 saturated carbocycles. The van der Waals surface area contributed by atoms with E-state index in [9.17, 15) is 4.79 Å². The topological polar surface area (TPSA) is 32.3 Å². The molecule has 0 bridgehead atoms. The maximum Gasteiger partial charge on any atom is 0.253 e. The maximum atomic E-state index is 12.2. The van der Waals surface area contributed by atoms with Crippen molar-refractivity contribution in [3.8, 4) is 0 Å². The van der Waals surface area contributed by atoms with E-state index >= 15 is 0 Å². The van der Waals surface area contributed by atoms with Gasteiger partial charge in [-0.05, 0) is 43.0 Å². The summed E-state index contributed by atoms with van der Waals surface area (Å²) in [5, 5.41) is 3.30. The lowest BCUT2D eigenvalue weighted by atomic mass is 10.1. The Morgan fingerprint density at radius 3 is 3.17 bits per heavy atom. The highest BCUT2D eigenvalue weighted by molar-refractivity contribution is 5.94. The predicted octanol–water partition coefficient (Wildman–Crippen LogP) is 2.69. The Morgan fingerprint density at radius 2 is 2.39 bits per heavy atom. The van der Waals surface area contributed by atoms with Crippen LogP contribution in [0.2, 0.25) is 0 Å². The molecule has 18 heavy (non-hydrogen) atoms. The van der Waals surface area contributed by atoms with Gasteiger partial charge in [-0.2, -0.15) is 0 Å². The number of amides is 1. The minimum absolute atomic E-state index is 0.105. The van der Waals surface area contributed by atoms with Crippen LogP contribution in [0.25, 0.3) is 0 Å². The van der Waals surface area contributed by atoms with Crippen molar-refractivity contribution in [2.75, 3.05) is 25.5 Å². The molecule has 0 unspecified atom stereocenters. The normalized spacial score (nSPS) is 12.7. The van der Waals surface area contributed by atoms with Crippen molar-refractivity contribution in [1.82, 2.24) is 4.90 Å². The fraction of sp³-hybridized carbons (Fsp3) is 0.400. The van der Waals surface area contributed by atoms with E-state index in [0.29, 0.717) is 0 Å². The SMILES string of the molecule is C=CCCCN(C)C(=O)c1ccc2c(c1)CCN2. The molecule has 1 aromatic carbocycles. The third-order valence-electron chi connectivity index (χ3n) is 3.31. The molecule has 96 valence electrons. The largest absolute Gasteiger partial charge is 0.384 e. The van der Waals surface area contributed by atoms with Crippen LogP contribution in [0, 0.1) is 0 Å². The number of anilines is 1. The van der Waals surface area contributed by atoms with Crippen molar-refractivity contribution < 1.29 is 4.79 Å². The molecule has 0 atom stereocenters. The van der Waals surface area contributed by atoms with E-state index in [1.165, 1.54) is 11.3 Å². The quantitative estimate of drug-likeness (QED) is 0.638. The first-order valence-electron chi connectivity index (χ1n) is 6.45. The molecule has 3 nitrogen and oxygen atoms in total. The molecule has 1 N–H and O–H groups in total. The number of allylic oxidation sites excluding steroid dienone is 1. The van der Waals surface area contributed by atoms with Crippen LogP contribution in [0.15, 0.2) is 30.9 Å². The lowest BCUT2D eigenvalue weighted by Crippen LogP contribution is -2.27. The fourth-order valence-corrected chi connectivity index (χ4v) is 2.23. The Balaban J connectivity index is 2.02. The Bertz CT molecular complexity index is 454. The molecule has 1 aliphatic heterocycles. The Kier molecular flexibility index (Phi) is 4.03. The lowest BCUT2D eigenvalue weighted by Gasteiger charge is -2.17. The summed E-state index contributed by atoms with van der Waals surface area (Å²) in [6, 6.07) is 5.93. The van der Waals surface area contributed by atoms with Gasteiger partial charge in [0.15, 0.2) is 0 Å². The standard InChI is InChI=1S/C15H20N2O/c1-3-4-5-10-17(2)15(18)13-6-7-14-12(11-13)8-9-16-14/h3,6-7,11,16H,1,4-5,8-10H2,2H3. The summed E-state index contributed by atoms with van der Waals surface area (Å²) < 4.78 is 0. The zero-order valence-electron chi connectivity index (χ0n) is 10.9. The molecule has 0 aliphatic carbocycles. The van der Waals surface area contributed by atoms with Gasteiger partial charge >= 0.3 is 0 Å². The monoisotopic (exact) mass is 244 g/mol. The van der Waals surface area contributed by atoms with Crippen LogP contribution in [0.3, 0.4) is 0 Å². The van der Waals surface area contributed by atoms with Crippen molar-refractivity contribution >= 4 is 11.6 Å². The molecule has 0 saturated heterocycles. The second kappa shape index (κ2) is 5.71. The van der Waals surface area contributed by atoms with E-state index in [1.807, 2.05) is 31.3 Å². The van der Waals surface area contributed by atoms with E-state index in [2.05, 4.69) is 11.9 Å². The highest BCUT2D eigenvalue weighted by Crippen LogP contribution is 2.23. The number of carbonyl (C=O) groups is 1. The van der Waals surface area contributed by atoms with Gasteiger partial charge in [0.05, 0.1) is 0 Å². The Morgan fingerprint density at radius 1 is 1.56 bits per heavy atom. The van der Waals surface area contributed by atoms with Crippen molar-refractivity contribution in [1.29, 1.82) is 0 Å². The van der Waals surface area contributed by atoms with E-state index in [-0.39, 0.29) is 5.91 Å². The molecule has 1 aliphatic rings. The molecular formula is C15H20N2O. The molecule has 1 amide bonds. The van der Waals surface area contributed by atoms with Crippen molar-refractivity contribution in [3.05, 3.63) is 42.0 Å². The van der Waals surface area contributed by atoms with Gasteiger partial charge in [0.2, 0.25) is 0 Å². The van der Waals surface area contributed by atoms with Crippen LogP contribution in [0.4, 0.5) is 5.69 Å². The maximum absolute atomic E-state index is 12.2. The van der Waals surface area contributed by atoms with Crippen LogP contribution in [-0.4, -0.2) is 30.9 Å². The molecular weight excluding hydrogens is 224 g/mol. The summed E-state index contributed by atoms with van der Waals surface area (Å²) in [6.45, 7) is 5.44. The van der Waals surface area contributed by atoms with Crippen molar-refractivity contribution in [2.45, 2.75) is 19.3 Å². The third kappa shape index (κ3) is 2.73. The van der Waals surface area contributed by atoms with Crippen LogP contribution in [0.5, 0.6) is 0 Å². The number of hydrogen-bond acceptors (Lipinski definition) is 2. The third-order valence-corrected chi connectivity index (χ3v) is 3.31. The van der Waals surface area contributed by atoms with E-state index in [1.54, 1.807) is 4.90 Å². The highest BCUT2D eigenvalue weighted by Gasteiger charge is 2.15. The van der Waals surface area contributed by atoms with E-state index < -0.39 is 0 Å². The first kappa shape index (κ1) is 12.7. The number of fused-ring (bicyclic) bond motifs is 1. The number of nitrogens with one attached hydrogen (secondary N) is 1. The molecule has 1 aromatic rings. The van der Waals surface area contributed by atoms with Crippen LogP contribution < -0.4 is 5.32 Å². The smallest absolute Gasteiger partial charge is 0.253 e. The summed E-state index contributed by atoms with van der Waals surface area (Å²) in [5.41, 5.74) is 3.21. The number of unbranched alkanes of at least 4 members (excludes halogenated alkanes) is 1. The summed E-state index contributed by atoms with van der Waals surface area (Å²) in [5.74, 6) is 0.105. The molecule has 1 heterocycles. The first-order chi connectivity index (χ1) is 8.72. The molecule has 3 heteroatoms. The highest BCUT2D eigenvalue weighted by atomic mass is 16.2. The van der Waals surface area contributed by atoms with Crippen molar-refractivity contribution in [3.63, 3.8) is 0 Å². The molecule has 0 spiro atoms. The lowest BCUT2D eigenvalue weighted by molar-refractivity contribution is 0.0794. The van der Waals surface area contributed by atoms with Crippen LogP contribution >= 0.6 is 0 Å². The molecule has 0 radical (unpaired) electrons. The summed E-state index contributed by atoms with van der Waals surface area (Å²) in [4.78, 5) is 14.0. The van der Waals surface area contributed by atoms with Crippen molar-refractivity contribution in [2.24, 2.45) is 0 Å². The van der Waals surface area contributed by atoms with Gasteiger partial charge in [-0.1, -0.05) is 6.08 Å². The number of nitrogens with zero attached hydrogens (tertiary/aromatic N) is 1. The second-order valence-corrected chi connectivity index (χ2v) is 4.71. The fourth-order valence-electron chi connectivity index (χ4n) is 2.23. The Labute approximate surface area is 108 Å². The summed E-state index contributed by atoms with van der Waals surface area (Å²) in [7, 11) is 1.86. The van der Waals surface area contributed by atoms with Gasteiger partial charge in [-0.15, -0.1) is 6.58 Å². The number of benzene rings is 1. The minimum Gasteiger partial charge on any atom is -0.384 e. The Hall–Kier alpha value is -1.77. The second-order valence-electron chi connectivity index (χ2n) is 4.71. The van der Waals surface area contributed by atoms with Gasteiger partial charge < -0.3 is 10.2 Å². The van der Waals surface area contributed by atoms with Gasteiger partial charge in [-0.25, -0.2) is 0 Å². The number of hydrogen-bond donors (Lipinski definition) is 1. The van der Waals surface area contributed by atoms with E-state index in [4.69, 9.17) is 0 Å². The van der Waals surface area contributed by atoms with Gasteiger partial charge in [0.1, 0.15) is 0 Å². The number of rotatable bonds is 5. The predicted molar refractivity (Wildman–Crippen MR) is 75.0 cm³/mol. The van der Waals surface area contributed by atoms with Gasteiger partial charge in [-0.3, -0.25) is 4.79 Å². The van der Waals surface area contributed by atoms with E-state index in [0.717, 1.165) is 37.9 Å². The summed E-state index contributed by atoms with van der Waals surface area (Å²) >= 11 is 0. The first-order valence-corrected chi connectivity index (χ1v) is 6.45. The van der Waals surface area contributed by atoms with Crippen LogP contribution in [-0.2, 0) is 6.42 Å². The van der Waals surface area contributed by atoms with Gasteiger partial charge in [0.25, 0.3) is 5.91 Å². The number of carbonyl (C=O) groups excluding carboxylic acids is 1. The molecule has 0 aromatic heterocycles. The zero-order valence-corrected chi connectivity index (χ0v) is 10.9. The summed E-state index contributed by atoms with van der Waals surface area (Å²) in [6.07, 6.45) is 4.82. The van der Waals surface area contributed by atoms with Crippen LogP contribution in [0.1, 0.15) is 28.8 Å². The average molecular weight is 244 g/mol. The molecule has 0 fully saturated rings. The zero-order chi connectivity index (χ0) is 13.0. The van der Waals surface area contributed by atoms with Gasteiger partial charge in [0, 0.05) is 31.4 Å². The average Bonchev–Trinajstić information content (AvgIpc) is 2.85. The molecule has 2 rings (SSSR count). The minimum atomic E-state index is 0.105.